The van der Waals surface area contributed by atoms with E-state index < -0.39 is 5.60 Å². The fraction of sp³-hybridized carbons (Fsp3) is 0.435. The number of aromatic nitrogens is 3. The molecule has 1 aliphatic heterocycles. The van der Waals surface area contributed by atoms with Crippen LogP contribution in [0.4, 0.5) is 4.79 Å². The number of thiocarbonyl (C=S) groups is 1. The Balaban J connectivity index is 1.27. The number of amides is 1. The number of thioether (sulfide) groups is 1. The van der Waals surface area contributed by atoms with Crippen molar-refractivity contribution in [2.24, 2.45) is 0 Å². The number of hydrogen-bond donors (Lipinski definition) is 0. The van der Waals surface area contributed by atoms with Crippen molar-refractivity contribution in [2.75, 3.05) is 26.2 Å². The van der Waals surface area contributed by atoms with Gasteiger partial charge < -0.3 is 19.0 Å². The lowest BCUT2D eigenvalue weighted by molar-refractivity contribution is 0.0189. The maximum atomic E-state index is 12.3. The molecule has 180 valence electrons. The number of para-hydroxylation sites is 1. The van der Waals surface area contributed by atoms with Gasteiger partial charge in [-0.25, -0.2) is 14.3 Å². The van der Waals surface area contributed by atoms with Gasteiger partial charge in [-0.3, -0.25) is 0 Å². The van der Waals surface area contributed by atoms with E-state index in [4.69, 9.17) is 21.4 Å². The predicted octanol–water partition coefficient (Wildman–Crippen LogP) is 3.50. The maximum Gasteiger partial charge on any atom is 0.410 e. The zero-order valence-electron chi connectivity index (χ0n) is 19.4. The van der Waals surface area contributed by atoms with Crippen LogP contribution in [0.3, 0.4) is 0 Å². The second-order valence-electron chi connectivity index (χ2n) is 9.01. The highest BCUT2D eigenvalue weighted by Gasteiger charge is 2.26. The van der Waals surface area contributed by atoms with E-state index in [1.54, 1.807) is 15.6 Å². The van der Waals surface area contributed by atoms with E-state index in [0.717, 1.165) is 15.4 Å². The molecule has 0 radical (unpaired) electrons. The number of ether oxygens (including phenoxy) is 1. The molecule has 0 N–H and O–H groups in total. The Morgan fingerprint density at radius 3 is 2.62 bits per heavy atom. The zero-order valence-corrected chi connectivity index (χ0v) is 21.0. The molecule has 34 heavy (non-hydrogen) atoms. The van der Waals surface area contributed by atoms with Crippen LogP contribution >= 0.6 is 24.0 Å². The number of nitrogens with zero attached hydrogens (tertiary/aromatic N) is 5. The molecule has 1 amide bonds. The molecule has 0 atom stereocenters. The van der Waals surface area contributed by atoms with Crippen LogP contribution in [0.1, 0.15) is 32.0 Å². The van der Waals surface area contributed by atoms with E-state index in [2.05, 4.69) is 15.2 Å². The van der Waals surface area contributed by atoms with Gasteiger partial charge in [0.25, 0.3) is 0 Å². The Bertz CT molecular complexity index is 1240. The van der Waals surface area contributed by atoms with Gasteiger partial charge in [0.05, 0.1) is 17.8 Å². The third kappa shape index (κ3) is 6.15. The van der Waals surface area contributed by atoms with E-state index in [0.29, 0.717) is 43.1 Å². The minimum absolute atomic E-state index is 0.280. The van der Waals surface area contributed by atoms with Gasteiger partial charge >= 0.3 is 11.7 Å². The SMILES string of the molecule is CC(C)(C)OC(=O)N1CCN(C(=S)SCc2cn(Cc3cc4ccccc4oc3=O)nn2)CC1. The molecular formula is C23H27N5O4S2. The Kier molecular flexibility index (Phi) is 7.22. The standard InChI is InChI=1S/C23H27N5O4S2/c1-23(2,3)32-21(30)26-8-10-27(11-9-26)22(33)34-15-18-14-28(25-24-18)13-17-12-16-6-4-5-7-19(16)31-20(17)29/h4-7,12,14H,8-11,13,15H2,1-3H3. The van der Waals surface area contributed by atoms with Gasteiger partial charge in [0.1, 0.15) is 15.5 Å². The van der Waals surface area contributed by atoms with Gasteiger partial charge in [0, 0.05) is 43.5 Å². The molecule has 4 rings (SSSR count). The second kappa shape index (κ2) is 10.1. The van der Waals surface area contributed by atoms with Crippen LogP contribution in [0.5, 0.6) is 0 Å². The van der Waals surface area contributed by atoms with Gasteiger partial charge in [-0.2, -0.15) is 0 Å². The highest BCUT2D eigenvalue weighted by molar-refractivity contribution is 8.22. The number of carbonyl (C=O) groups excluding carboxylic acids is 1. The molecule has 1 saturated heterocycles. The number of benzene rings is 1. The van der Waals surface area contributed by atoms with Crippen LogP contribution in [0.25, 0.3) is 11.0 Å². The lowest BCUT2D eigenvalue weighted by Gasteiger charge is -2.36. The summed E-state index contributed by atoms with van der Waals surface area (Å²) in [6.07, 6.45) is 1.52. The Morgan fingerprint density at radius 1 is 1.18 bits per heavy atom. The van der Waals surface area contributed by atoms with Crippen molar-refractivity contribution in [1.82, 2.24) is 24.8 Å². The van der Waals surface area contributed by atoms with Crippen molar-refractivity contribution in [3.63, 3.8) is 0 Å². The number of rotatable bonds is 4. The molecule has 0 spiro atoms. The lowest BCUT2D eigenvalue weighted by Crippen LogP contribution is -2.50. The van der Waals surface area contributed by atoms with Crippen LogP contribution < -0.4 is 5.63 Å². The molecule has 3 heterocycles. The Labute approximate surface area is 207 Å². The van der Waals surface area contributed by atoms with E-state index >= 15 is 0 Å². The number of fused-ring (bicyclic) bond motifs is 1. The summed E-state index contributed by atoms with van der Waals surface area (Å²) in [6.45, 7) is 8.33. The van der Waals surface area contributed by atoms with Crippen LogP contribution in [0.2, 0.25) is 0 Å². The third-order valence-corrected chi connectivity index (χ3v) is 6.72. The Hall–Kier alpha value is -2.92. The van der Waals surface area contributed by atoms with Crippen molar-refractivity contribution in [3.05, 3.63) is 58.2 Å². The molecule has 0 bridgehead atoms. The van der Waals surface area contributed by atoms with Crippen LogP contribution in [-0.2, 0) is 17.0 Å². The summed E-state index contributed by atoms with van der Waals surface area (Å²) >= 11 is 7.09. The first kappa shape index (κ1) is 24.2. The quantitative estimate of drug-likeness (QED) is 0.393. The summed E-state index contributed by atoms with van der Waals surface area (Å²) in [6, 6.07) is 9.23. The van der Waals surface area contributed by atoms with Gasteiger partial charge in [-0.1, -0.05) is 47.4 Å². The van der Waals surface area contributed by atoms with Gasteiger partial charge in [0.2, 0.25) is 0 Å². The van der Waals surface area contributed by atoms with Crippen molar-refractivity contribution < 1.29 is 13.9 Å². The molecule has 1 fully saturated rings. The molecule has 9 nitrogen and oxygen atoms in total. The first-order valence-corrected chi connectivity index (χ1v) is 12.4. The zero-order chi connectivity index (χ0) is 24.3. The normalized spacial score (nSPS) is 14.4. The van der Waals surface area contributed by atoms with Gasteiger partial charge in [0.15, 0.2) is 0 Å². The average molecular weight is 502 g/mol. The molecule has 3 aromatic rings. The maximum absolute atomic E-state index is 12.3. The summed E-state index contributed by atoms with van der Waals surface area (Å²) in [7, 11) is 0. The molecule has 0 aliphatic carbocycles. The van der Waals surface area contributed by atoms with E-state index in [1.165, 1.54) is 11.8 Å². The van der Waals surface area contributed by atoms with Crippen molar-refractivity contribution in [2.45, 2.75) is 38.7 Å². The van der Waals surface area contributed by atoms with Gasteiger partial charge in [-0.05, 0) is 32.9 Å². The van der Waals surface area contributed by atoms with Crippen LogP contribution in [0.15, 0.2) is 45.7 Å². The molecule has 2 aromatic heterocycles. The third-order valence-electron chi connectivity index (χ3n) is 5.17. The first-order chi connectivity index (χ1) is 16.2. The molecule has 1 aromatic carbocycles. The summed E-state index contributed by atoms with van der Waals surface area (Å²) < 4.78 is 13.2. The van der Waals surface area contributed by atoms with E-state index in [-0.39, 0.29) is 18.3 Å². The molecular weight excluding hydrogens is 474 g/mol. The molecule has 0 saturated carbocycles. The highest BCUT2D eigenvalue weighted by Crippen LogP contribution is 2.19. The van der Waals surface area contributed by atoms with Crippen molar-refractivity contribution in [3.8, 4) is 0 Å². The first-order valence-electron chi connectivity index (χ1n) is 11.0. The van der Waals surface area contributed by atoms with E-state index in [9.17, 15) is 9.59 Å². The topological polar surface area (TPSA) is 93.7 Å². The number of piperazine rings is 1. The van der Waals surface area contributed by atoms with Gasteiger partial charge in [-0.15, -0.1) is 5.10 Å². The molecule has 11 heteroatoms. The van der Waals surface area contributed by atoms with Crippen LogP contribution in [0, 0.1) is 0 Å². The van der Waals surface area contributed by atoms with Crippen molar-refractivity contribution in [1.29, 1.82) is 0 Å². The van der Waals surface area contributed by atoms with E-state index in [1.807, 2.05) is 51.2 Å². The largest absolute Gasteiger partial charge is 0.444 e. The van der Waals surface area contributed by atoms with Crippen molar-refractivity contribution >= 4 is 45.4 Å². The fourth-order valence-electron chi connectivity index (χ4n) is 3.50. The summed E-state index contributed by atoms with van der Waals surface area (Å²) in [5, 5.41) is 9.21. The lowest BCUT2D eigenvalue weighted by atomic mass is 10.2. The average Bonchev–Trinajstić information content (AvgIpc) is 3.24. The summed E-state index contributed by atoms with van der Waals surface area (Å²) in [4.78, 5) is 28.3. The summed E-state index contributed by atoms with van der Waals surface area (Å²) in [5.74, 6) is 0.567. The number of hydrogen-bond acceptors (Lipinski definition) is 8. The predicted molar refractivity (Wildman–Crippen MR) is 135 cm³/mol. The monoisotopic (exact) mass is 501 g/mol. The Morgan fingerprint density at radius 2 is 1.88 bits per heavy atom. The molecule has 1 aliphatic rings. The summed E-state index contributed by atoms with van der Waals surface area (Å²) in [5.41, 5.74) is 0.963. The minimum atomic E-state index is -0.505. The number of carbonyl (C=O) groups is 1. The highest BCUT2D eigenvalue weighted by atomic mass is 32.2. The smallest absolute Gasteiger partial charge is 0.410 e. The minimum Gasteiger partial charge on any atom is -0.444 e. The second-order valence-corrected chi connectivity index (χ2v) is 10.6. The fourth-order valence-corrected chi connectivity index (χ4v) is 4.62. The molecule has 0 unspecified atom stereocenters. The van der Waals surface area contributed by atoms with Crippen LogP contribution in [-0.4, -0.2) is 67.0 Å².